The summed E-state index contributed by atoms with van der Waals surface area (Å²) in [5.74, 6) is 0.115. The van der Waals surface area contributed by atoms with Gasteiger partial charge in [-0.2, -0.15) is 0 Å². The first-order chi connectivity index (χ1) is 12.5. The third-order valence-electron chi connectivity index (χ3n) is 4.52. The van der Waals surface area contributed by atoms with E-state index in [0.29, 0.717) is 13.0 Å². The van der Waals surface area contributed by atoms with Crippen LogP contribution in [0.4, 0.5) is 11.4 Å². The number of anilines is 2. The number of aryl methyl sites for hydroxylation is 1. The SMILES string of the molecule is Cc1ccc(CN(C)CC(=O)Nc2ccc(N3CCCC3=O)cc2)cc1. The summed E-state index contributed by atoms with van der Waals surface area (Å²) < 4.78 is 0. The maximum atomic E-state index is 12.2. The van der Waals surface area contributed by atoms with Gasteiger partial charge in [-0.05, 0) is 50.2 Å². The number of hydrogen-bond acceptors (Lipinski definition) is 3. The largest absolute Gasteiger partial charge is 0.325 e. The highest BCUT2D eigenvalue weighted by molar-refractivity contribution is 5.96. The van der Waals surface area contributed by atoms with Gasteiger partial charge in [0.1, 0.15) is 0 Å². The molecule has 0 radical (unpaired) electrons. The predicted molar refractivity (Wildman–Crippen MR) is 104 cm³/mol. The first-order valence-corrected chi connectivity index (χ1v) is 8.95. The van der Waals surface area contributed by atoms with Crippen molar-refractivity contribution in [2.45, 2.75) is 26.3 Å². The van der Waals surface area contributed by atoms with Crippen LogP contribution in [0.5, 0.6) is 0 Å². The lowest BCUT2D eigenvalue weighted by Crippen LogP contribution is -2.29. The van der Waals surface area contributed by atoms with Crippen LogP contribution < -0.4 is 10.2 Å². The van der Waals surface area contributed by atoms with Gasteiger partial charge in [-0.25, -0.2) is 0 Å². The molecule has 136 valence electrons. The average molecular weight is 351 g/mol. The second-order valence-corrected chi connectivity index (χ2v) is 6.90. The molecule has 0 bridgehead atoms. The van der Waals surface area contributed by atoms with E-state index >= 15 is 0 Å². The monoisotopic (exact) mass is 351 g/mol. The Hall–Kier alpha value is -2.66. The number of nitrogens with one attached hydrogen (secondary N) is 1. The molecule has 0 aromatic heterocycles. The minimum Gasteiger partial charge on any atom is -0.325 e. The highest BCUT2D eigenvalue weighted by Gasteiger charge is 2.21. The summed E-state index contributed by atoms with van der Waals surface area (Å²) in [7, 11) is 1.93. The van der Waals surface area contributed by atoms with Gasteiger partial charge in [0.15, 0.2) is 0 Å². The molecule has 26 heavy (non-hydrogen) atoms. The maximum Gasteiger partial charge on any atom is 0.238 e. The van der Waals surface area contributed by atoms with Crippen LogP contribution in [0, 0.1) is 6.92 Å². The first kappa shape index (κ1) is 18.1. The zero-order chi connectivity index (χ0) is 18.5. The van der Waals surface area contributed by atoms with Crippen molar-refractivity contribution in [3.05, 3.63) is 59.7 Å². The fourth-order valence-electron chi connectivity index (χ4n) is 3.15. The van der Waals surface area contributed by atoms with Crippen LogP contribution in [0.3, 0.4) is 0 Å². The van der Waals surface area contributed by atoms with Gasteiger partial charge < -0.3 is 10.2 Å². The molecule has 1 aliphatic heterocycles. The van der Waals surface area contributed by atoms with Crippen LogP contribution in [-0.4, -0.2) is 36.9 Å². The van der Waals surface area contributed by atoms with Crippen molar-refractivity contribution in [2.24, 2.45) is 0 Å². The lowest BCUT2D eigenvalue weighted by molar-refractivity contribution is -0.117. The average Bonchev–Trinajstić information content (AvgIpc) is 3.03. The molecule has 1 heterocycles. The molecular weight excluding hydrogens is 326 g/mol. The van der Waals surface area contributed by atoms with E-state index < -0.39 is 0 Å². The zero-order valence-corrected chi connectivity index (χ0v) is 15.4. The van der Waals surface area contributed by atoms with Crippen molar-refractivity contribution < 1.29 is 9.59 Å². The molecule has 2 aromatic rings. The number of nitrogens with zero attached hydrogens (tertiary/aromatic N) is 2. The standard InChI is InChI=1S/C21H25N3O2/c1-16-5-7-17(8-6-16)14-23(2)15-20(25)22-18-9-11-19(12-10-18)24-13-3-4-21(24)26/h5-12H,3-4,13-15H2,1-2H3,(H,22,25). The summed E-state index contributed by atoms with van der Waals surface area (Å²) >= 11 is 0. The fraction of sp³-hybridized carbons (Fsp3) is 0.333. The summed E-state index contributed by atoms with van der Waals surface area (Å²) in [6.07, 6.45) is 1.52. The Morgan fingerprint density at radius 3 is 2.42 bits per heavy atom. The van der Waals surface area contributed by atoms with Gasteiger partial charge in [0, 0.05) is 30.9 Å². The molecule has 3 rings (SSSR count). The lowest BCUT2D eigenvalue weighted by Gasteiger charge is -2.18. The second kappa shape index (κ2) is 8.15. The van der Waals surface area contributed by atoms with Crippen LogP contribution in [0.25, 0.3) is 0 Å². The quantitative estimate of drug-likeness (QED) is 0.870. The molecule has 1 N–H and O–H groups in total. The summed E-state index contributed by atoms with van der Waals surface area (Å²) in [4.78, 5) is 27.8. The number of likely N-dealkylation sites (N-methyl/N-ethyl adjacent to an activating group) is 1. The Labute approximate surface area is 154 Å². The smallest absolute Gasteiger partial charge is 0.238 e. The topological polar surface area (TPSA) is 52.7 Å². The van der Waals surface area contributed by atoms with Crippen LogP contribution >= 0.6 is 0 Å². The summed E-state index contributed by atoms with van der Waals surface area (Å²) in [5, 5.41) is 2.91. The van der Waals surface area contributed by atoms with Gasteiger partial charge >= 0.3 is 0 Å². The van der Waals surface area contributed by atoms with Crippen molar-refractivity contribution >= 4 is 23.2 Å². The molecular formula is C21H25N3O2. The number of benzene rings is 2. The highest BCUT2D eigenvalue weighted by Crippen LogP contribution is 2.23. The van der Waals surface area contributed by atoms with Gasteiger partial charge in [0.2, 0.25) is 11.8 Å². The first-order valence-electron chi connectivity index (χ1n) is 8.95. The predicted octanol–water partition coefficient (Wildman–Crippen LogP) is 3.19. The molecule has 0 atom stereocenters. The summed E-state index contributed by atoms with van der Waals surface area (Å²) in [6.45, 7) is 3.88. The Morgan fingerprint density at radius 2 is 1.81 bits per heavy atom. The molecule has 5 heteroatoms. The molecule has 0 spiro atoms. The van der Waals surface area contributed by atoms with Crippen LogP contribution in [-0.2, 0) is 16.1 Å². The van der Waals surface area contributed by atoms with E-state index in [4.69, 9.17) is 0 Å². The van der Waals surface area contributed by atoms with E-state index in [1.807, 2.05) is 36.2 Å². The Kier molecular flexibility index (Phi) is 5.68. The molecule has 0 saturated carbocycles. The van der Waals surface area contributed by atoms with Crippen molar-refractivity contribution in [3.63, 3.8) is 0 Å². The minimum absolute atomic E-state index is 0.0513. The molecule has 2 amide bonds. The van der Waals surface area contributed by atoms with Gasteiger partial charge in [-0.3, -0.25) is 14.5 Å². The third-order valence-corrected chi connectivity index (χ3v) is 4.52. The van der Waals surface area contributed by atoms with Gasteiger partial charge in [0.25, 0.3) is 0 Å². The third kappa shape index (κ3) is 4.70. The van der Waals surface area contributed by atoms with Gasteiger partial charge in [-0.15, -0.1) is 0 Å². The fourth-order valence-corrected chi connectivity index (χ4v) is 3.15. The Morgan fingerprint density at radius 1 is 1.12 bits per heavy atom. The normalized spacial score (nSPS) is 14.1. The van der Waals surface area contributed by atoms with Crippen molar-refractivity contribution in [1.29, 1.82) is 0 Å². The maximum absolute atomic E-state index is 12.2. The van der Waals surface area contributed by atoms with E-state index in [2.05, 4.69) is 36.5 Å². The molecule has 0 unspecified atom stereocenters. The molecule has 1 aliphatic rings. The van der Waals surface area contributed by atoms with E-state index in [1.165, 1.54) is 11.1 Å². The van der Waals surface area contributed by atoms with Gasteiger partial charge in [-0.1, -0.05) is 29.8 Å². The lowest BCUT2D eigenvalue weighted by atomic mass is 10.1. The number of rotatable bonds is 6. The molecule has 0 aliphatic carbocycles. The molecule has 2 aromatic carbocycles. The highest BCUT2D eigenvalue weighted by atomic mass is 16.2. The summed E-state index contributed by atoms with van der Waals surface area (Å²) in [5.41, 5.74) is 4.05. The van der Waals surface area contributed by atoms with E-state index in [1.54, 1.807) is 4.90 Å². The Bertz CT molecular complexity index is 769. The van der Waals surface area contributed by atoms with Crippen LogP contribution in [0.2, 0.25) is 0 Å². The van der Waals surface area contributed by atoms with Crippen LogP contribution in [0.15, 0.2) is 48.5 Å². The molecule has 1 fully saturated rings. The summed E-state index contributed by atoms with van der Waals surface area (Å²) in [6, 6.07) is 15.8. The van der Waals surface area contributed by atoms with Crippen molar-refractivity contribution in [3.8, 4) is 0 Å². The molecule has 1 saturated heterocycles. The van der Waals surface area contributed by atoms with E-state index in [0.717, 1.165) is 30.9 Å². The van der Waals surface area contributed by atoms with Crippen LogP contribution in [0.1, 0.15) is 24.0 Å². The van der Waals surface area contributed by atoms with Crippen molar-refractivity contribution in [2.75, 3.05) is 30.4 Å². The molecule has 5 nitrogen and oxygen atoms in total. The second-order valence-electron chi connectivity index (χ2n) is 6.90. The van der Waals surface area contributed by atoms with Crippen molar-refractivity contribution in [1.82, 2.24) is 4.90 Å². The number of hydrogen-bond donors (Lipinski definition) is 1. The van der Waals surface area contributed by atoms with Gasteiger partial charge in [0.05, 0.1) is 6.54 Å². The van der Waals surface area contributed by atoms with E-state index in [9.17, 15) is 9.59 Å². The number of carbonyl (C=O) groups excluding carboxylic acids is 2. The Balaban J connectivity index is 1.51. The number of amides is 2. The zero-order valence-electron chi connectivity index (χ0n) is 15.4. The minimum atomic E-state index is -0.0513. The van der Waals surface area contributed by atoms with E-state index in [-0.39, 0.29) is 11.8 Å². The number of carbonyl (C=O) groups is 2.